The van der Waals surface area contributed by atoms with Crippen LogP contribution >= 0.6 is 0 Å². The summed E-state index contributed by atoms with van der Waals surface area (Å²) in [5.41, 5.74) is 0. The van der Waals surface area contributed by atoms with Crippen molar-refractivity contribution in [2.24, 2.45) is 0 Å². The molecule has 1 fully saturated rings. The number of amides is 1. The van der Waals surface area contributed by atoms with Crippen molar-refractivity contribution < 1.29 is 27.8 Å². The van der Waals surface area contributed by atoms with Crippen molar-refractivity contribution in [1.82, 2.24) is 5.32 Å². The van der Waals surface area contributed by atoms with Gasteiger partial charge in [-0.15, -0.1) is 0 Å². The van der Waals surface area contributed by atoms with E-state index in [1.807, 2.05) is 0 Å². The minimum atomic E-state index is -1.54. The highest BCUT2D eigenvalue weighted by Crippen LogP contribution is 2.26. The molecule has 0 bridgehead atoms. The molecule has 0 aliphatic heterocycles. The van der Waals surface area contributed by atoms with E-state index in [9.17, 15) is 18.0 Å². The molecule has 1 aromatic carbocycles. The molecule has 0 aromatic heterocycles. The lowest BCUT2D eigenvalue weighted by atomic mass is 10.2. The number of carboxylic acid groups (broad SMARTS) is 1. The van der Waals surface area contributed by atoms with Gasteiger partial charge in [-0.3, -0.25) is 0 Å². The van der Waals surface area contributed by atoms with E-state index in [2.05, 4.69) is 5.32 Å². The fraction of sp³-hybridized carbons (Fsp3) is 0.417. The van der Waals surface area contributed by atoms with Crippen LogP contribution in [0.25, 0.3) is 0 Å². The van der Waals surface area contributed by atoms with E-state index in [0.29, 0.717) is 19.3 Å². The molecule has 4 nitrogen and oxygen atoms in total. The Balaban J connectivity index is 1.97. The van der Waals surface area contributed by atoms with Gasteiger partial charge in [-0.2, -0.15) is 0 Å². The largest absolute Gasteiger partial charge is 0.490 e. The molecule has 2 atom stereocenters. The third-order valence-corrected chi connectivity index (χ3v) is 2.97. The van der Waals surface area contributed by atoms with Gasteiger partial charge < -0.3 is 15.2 Å². The van der Waals surface area contributed by atoms with Crippen molar-refractivity contribution in [3.63, 3.8) is 0 Å². The topological polar surface area (TPSA) is 58.6 Å². The molecule has 1 aromatic rings. The van der Waals surface area contributed by atoms with E-state index in [1.165, 1.54) is 0 Å². The molecule has 104 valence electrons. The lowest BCUT2D eigenvalue weighted by Crippen LogP contribution is -2.32. The van der Waals surface area contributed by atoms with Crippen molar-refractivity contribution in [1.29, 1.82) is 0 Å². The number of rotatable bonds is 3. The molecule has 0 heterocycles. The summed E-state index contributed by atoms with van der Waals surface area (Å²) in [6, 6.07) is 1.31. The molecule has 0 unspecified atom stereocenters. The zero-order valence-electron chi connectivity index (χ0n) is 9.83. The molecular formula is C12H12F3NO3. The number of hydrogen-bond acceptors (Lipinski definition) is 2. The first kappa shape index (κ1) is 13.5. The van der Waals surface area contributed by atoms with Crippen molar-refractivity contribution >= 4 is 6.09 Å². The molecule has 19 heavy (non-hydrogen) atoms. The van der Waals surface area contributed by atoms with E-state index >= 15 is 0 Å². The Kier molecular flexibility index (Phi) is 3.82. The summed E-state index contributed by atoms with van der Waals surface area (Å²) < 4.78 is 44.0. The predicted octanol–water partition coefficient (Wildman–Crippen LogP) is 2.67. The fourth-order valence-electron chi connectivity index (χ4n) is 2.15. The van der Waals surface area contributed by atoms with E-state index < -0.39 is 23.5 Å². The Hall–Kier alpha value is -1.92. The average Bonchev–Trinajstić information content (AvgIpc) is 2.72. The normalized spacial score (nSPS) is 22.3. The summed E-state index contributed by atoms with van der Waals surface area (Å²) in [6.07, 6.45) is 0.0901. The maximum atomic E-state index is 13.0. The molecule has 0 radical (unpaired) electrons. The van der Waals surface area contributed by atoms with Crippen LogP contribution in [0.1, 0.15) is 19.3 Å². The Morgan fingerprint density at radius 1 is 1.26 bits per heavy atom. The first-order chi connectivity index (χ1) is 8.95. The van der Waals surface area contributed by atoms with E-state index in [0.717, 1.165) is 12.1 Å². The molecule has 7 heteroatoms. The van der Waals surface area contributed by atoms with Gasteiger partial charge in [0.1, 0.15) is 11.9 Å². The van der Waals surface area contributed by atoms with Gasteiger partial charge in [0, 0.05) is 24.6 Å². The third-order valence-electron chi connectivity index (χ3n) is 2.97. The Bertz CT molecular complexity index is 472. The van der Waals surface area contributed by atoms with Crippen molar-refractivity contribution in [2.75, 3.05) is 0 Å². The van der Waals surface area contributed by atoms with Crippen LogP contribution in [0.4, 0.5) is 18.0 Å². The quantitative estimate of drug-likeness (QED) is 0.834. The van der Waals surface area contributed by atoms with Crippen LogP contribution in [0.15, 0.2) is 12.1 Å². The first-order valence-electron chi connectivity index (χ1n) is 5.76. The second-order valence-electron chi connectivity index (χ2n) is 4.40. The summed E-state index contributed by atoms with van der Waals surface area (Å²) in [5.74, 6) is -4.26. The van der Waals surface area contributed by atoms with E-state index in [1.54, 1.807) is 0 Å². The van der Waals surface area contributed by atoms with E-state index in [-0.39, 0.29) is 17.9 Å². The zero-order valence-corrected chi connectivity index (χ0v) is 9.83. The van der Waals surface area contributed by atoms with Crippen LogP contribution in [0, 0.1) is 17.5 Å². The number of carbonyl (C=O) groups is 1. The van der Waals surface area contributed by atoms with Crippen molar-refractivity contribution in [2.45, 2.75) is 31.4 Å². The highest BCUT2D eigenvalue weighted by molar-refractivity contribution is 5.64. The van der Waals surface area contributed by atoms with Crippen LogP contribution < -0.4 is 10.1 Å². The molecular weight excluding hydrogens is 263 g/mol. The second kappa shape index (κ2) is 5.38. The van der Waals surface area contributed by atoms with E-state index in [4.69, 9.17) is 9.84 Å². The summed E-state index contributed by atoms with van der Waals surface area (Å²) in [7, 11) is 0. The summed E-state index contributed by atoms with van der Waals surface area (Å²) in [6.45, 7) is 0. The Labute approximate surface area is 107 Å². The molecule has 2 N–H and O–H groups in total. The zero-order chi connectivity index (χ0) is 14.0. The molecule has 1 amide bonds. The second-order valence-corrected chi connectivity index (χ2v) is 4.40. The minimum absolute atomic E-state index is 0.0997. The van der Waals surface area contributed by atoms with Gasteiger partial charge >= 0.3 is 6.09 Å². The summed E-state index contributed by atoms with van der Waals surface area (Å²) in [5, 5.41) is 10.9. The molecule has 2 rings (SSSR count). The van der Waals surface area contributed by atoms with Crippen LogP contribution in [0.2, 0.25) is 0 Å². The maximum absolute atomic E-state index is 13.0. The van der Waals surface area contributed by atoms with Gasteiger partial charge in [0.05, 0.1) is 0 Å². The third kappa shape index (κ3) is 3.30. The number of halogens is 3. The first-order valence-corrected chi connectivity index (χ1v) is 5.76. The monoisotopic (exact) mass is 275 g/mol. The van der Waals surface area contributed by atoms with Gasteiger partial charge in [0.2, 0.25) is 0 Å². The highest BCUT2D eigenvalue weighted by atomic mass is 19.2. The number of nitrogens with one attached hydrogen (secondary N) is 1. The smallest absolute Gasteiger partial charge is 0.404 e. The minimum Gasteiger partial charge on any atom is -0.490 e. The van der Waals surface area contributed by atoms with Crippen LogP contribution in [-0.2, 0) is 0 Å². The molecule has 1 saturated carbocycles. The lowest BCUT2D eigenvalue weighted by Gasteiger charge is -2.14. The van der Waals surface area contributed by atoms with Gasteiger partial charge in [-0.1, -0.05) is 0 Å². The number of ether oxygens (including phenoxy) is 1. The SMILES string of the molecule is O=C(O)N[C@H]1CC[C@H](Oc2cc(F)c(F)c(F)c2)C1. The van der Waals surface area contributed by atoms with Gasteiger partial charge in [-0.05, 0) is 12.8 Å². The predicted molar refractivity (Wildman–Crippen MR) is 59.5 cm³/mol. The van der Waals surface area contributed by atoms with Crippen LogP contribution in [0.5, 0.6) is 5.75 Å². The highest BCUT2D eigenvalue weighted by Gasteiger charge is 2.27. The van der Waals surface area contributed by atoms with Gasteiger partial charge in [0.25, 0.3) is 0 Å². The standard InChI is InChI=1S/C12H12F3NO3/c13-9-4-8(5-10(14)11(9)15)19-7-2-1-6(3-7)16-12(17)18/h4-7,16H,1-3H2,(H,17,18)/t6-,7-/m0/s1. The maximum Gasteiger partial charge on any atom is 0.404 e. The van der Waals surface area contributed by atoms with Crippen LogP contribution in [-0.4, -0.2) is 23.3 Å². The summed E-state index contributed by atoms with van der Waals surface area (Å²) in [4.78, 5) is 10.5. The van der Waals surface area contributed by atoms with Crippen molar-refractivity contribution in [3.05, 3.63) is 29.6 Å². The van der Waals surface area contributed by atoms with Crippen LogP contribution in [0.3, 0.4) is 0 Å². The Morgan fingerprint density at radius 3 is 2.47 bits per heavy atom. The number of hydrogen-bond donors (Lipinski definition) is 2. The molecule has 0 saturated heterocycles. The van der Waals surface area contributed by atoms with Gasteiger partial charge in [0.15, 0.2) is 17.5 Å². The van der Waals surface area contributed by atoms with Gasteiger partial charge in [-0.25, -0.2) is 18.0 Å². The Morgan fingerprint density at radius 2 is 1.89 bits per heavy atom. The molecule has 1 aliphatic rings. The summed E-state index contributed by atoms with van der Waals surface area (Å²) >= 11 is 0. The van der Waals surface area contributed by atoms with Crippen molar-refractivity contribution in [3.8, 4) is 5.75 Å². The number of benzene rings is 1. The fourth-order valence-corrected chi connectivity index (χ4v) is 2.15. The lowest BCUT2D eigenvalue weighted by molar-refractivity contribution is 0.185. The molecule has 0 spiro atoms. The molecule has 1 aliphatic carbocycles. The average molecular weight is 275 g/mol.